The first-order valence-electron chi connectivity index (χ1n) is 15.9. The number of fused-ring (bicyclic) bond motifs is 6. The molecule has 0 spiro atoms. The molecular formula is C46H30. The molecular weight excluding hydrogens is 553 g/mol. The van der Waals surface area contributed by atoms with Crippen LogP contribution in [0.25, 0.3) is 67.8 Å². The molecule has 0 fully saturated rings. The largest absolute Gasteiger partial charge is 0.0622 e. The maximum atomic E-state index is 2.45. The van der Waals surface area contributed by atoms with Crippen molar-refractivity contribution in [3.8, 4) is 44.5 Å². The molecule has 0 atom stereocenters. The second-order valence-corrected chi connectivity index (χ2v) is 12.1. The molecule has 0 radical (unpaired) electrons. The summed E-state index contributed by atoms with van der Waals surface area (Å²) in [5.74, 6) is 0. The molecule has 0 aromatic heterocycles. The average molecular weight is 583 g/mol. The van der Waals surface area contributed by atoms with Crippen LogP contribution in [-0.2, 0) is 0 Å². The van der Waals surface area contributed by atoms with Crippen LogP contribution in [0.1, 0.15) is 33.4 Å². The van der Waals surface area contributed by atoms with E-state index in [-0.39, 0.29) is 0 Å². The zero-order valence-electron chi connectivity index (χ0n) is 25.3. The molecule has 0 bridgehead atoms. The van der Waals surface area contributed by atoms with E-state index < -0.39 is 0 Å². The molecule has 0 amide bonds. The minimum atomic E-state index is 1.21. The van der Waals surface area contributed by atoms with Gasteiger partial charge in [0.25, 0.3) is 0 Å². The van der Waals surface area contributed by atoms with E-state index in [4.69, 9.17) is 0 Å². The highest BCUT2D eigenvalue weighted by Crippen LogP contribution is 2.53. The van der Waals surface area contributed by atoms with Crippen LogP contribution in [-0.4, -0.2) is 0 Å². The first-order valence-corrected chi connectivity index (χ1v) is 15.9. The summed E-state index contributed by atoms with van der Waals surface area (Å²) < 4.78 is 0. The number of rotatable bonds is 4. The molecule has 7 aromatic rings. The van der Waals surface area contributed by atoms with Crippen molar-refractivity contribution in [2.45, 2.75) is 0 Å². The molecule has 0 heteroatoms. The van der Waals surface area contributed by atoms with Crippen LogP contribution in [0.3, 0.4) is 0 Å². The van der Waals surface area contributed by atoms with Gasteiger partial charge < -0.3 is 0 Å². The molecule has 0 nitrogen and oxygen atoms in total. The summed E-state index contributed by atoms with van der Waals surface area (Å²) in [6.07, 6.45) is 4.72. The van der Waals surface area contributed by atoms with Crippen molar-refractivity contribution < 1.29 is 0 Å². The third-order valence-electron chi connectivity index (χ3n) is 9.37. The summed E-state index contributed by atoms with van der Waals surface area (Å²) in [5, 5.41) is 0. The fourth-order valence-electron chi connectivity index (χ4n) is 7.15. The van der Waals surface area contributed by atoms with E-state index in [0.29, 0.717) is 0 Å². The normalized spacial score (nSPS) is 14.2. The number of hydrogen-bond donors (Lipinski definition) is 0. The molecule has 214 valence electrons. The van der Waals surface area contributed by atoms with Crippen molar-refractivity contribution in [3.05, 3.63) is 203 Å². The molecule has 46 heavy (non-hydrogen) atoms. The minimum absolute atomic E-state index is 1.21. The highest BCUT2D eigenvalue weighted by molar-refractivity contribution is 6.13. The SMILES string of the molecule is C(=C1c2cc(-c3ccccc3)ccc2-c2cc3c(cc21)-c1ccc(-c2ccccc2)cc1C3=Cc1ccccc1)c1ccccc1. The third kappa shape index (κ3) is 4.47. The molecule has 0 aliphatic heterocycles. The van der Waals surface area contributed by atoms with Crippen molar-refractivity contribution in [2.24, 2.45) is 0 Å². The van der Waals surface area contributed by atoms with Crippen LogP contribution < -0.4 is 0 Å². The molecule has 0 heterocycles. The second-order valence-electron chi connectivity index (χ2n) is 12.1. The van der Waals surface area contributed by atoms with Gasteiger partial charge in [0.1, 0.15) is 0 Å². The Morgan fingerprint density at radius 1 is 0.239 bits per heavy atom. The summed E-state index contributed by atoms with van der Waals surface area (Å²) in [6, 6.07) is 61.7. The quantitative estimate of drug-likeness (QED) is 0.194. The zero-order valence-corrected chi connectivity index (χ0v) is 25.3. The fraction of sp³-hybridized carbons (Fsp3) is 0. The van der Waals surface area contributed by atoms with Gasteiger partial charge in [-0.25, -0.2) is 0 Å². The maximum Gasteiger partial charge on any atom is -0.00921 e. The van der Waals surface area contributed by atoms with E-state index in [2.05, 4.69) is 182 Å². The number of benzene rings is 7. The van der Waals surface area contributed by atoms with Gasteiger partial charge in [-0.15, -0.1) is 0 Å². The van der Waals surface area contributed by atoms with Crippen molar-refractivity contribution in [1.29, 1.82) is 0 Å². The first-order chi connectivity index (χ1) is 22.8. The lowest BCUT2D eigenvalue weighted by molar-refractivity contribution is 1.59. The standard InChI is InChI=1S/C46H30/c1-5-13-31(14-6-1)25-39-41-27-35(33-17-9-3-10-18-33)21-23-37(41)43-30-46-40(26-32-15-7-2-8-16-32)42-28-36(34-19-11-4-12-20-34)22-24-38(42)44(46)29-45(39)43/h1-30H. The van der Waals surface area contributed by atoms with Crippen molar-refractivity contribution >= 4 is 23.3 Å². The van der Waals surface area contributed by atoms with Crippen molar-refractivity contribution in [1.82, 2.24) is 0 Å². The Bertz CT molecular complexity index is 2140. The molecule has 0 N–H and O–H groups in total. The zero-order chi connectivity index (χ0) is 30.5. The van der Waals surface area contributed by atoms with Gasteiger partial charge in [0, 0.05) is 0 Å². The Morgan fingerprint density at radius 3 is 0.978 bits per heavy atom. The van der Waals surface area contributed by atoms with Gasteiger partial charge in [-0.05, 0) is 125 Å². The van der Waals surface area contributed by atoms with Gasteiger partial charge in [-0.2, -0.15) is 0 Å². The van der Waals surface area contributed by atoms with Gasteiger partial charge in [0.2, 0.25) is 0 Å². The van der Waals surface area contributed by atoms with Gasteiger partial charge in [0.05, 0.1) is 0 Å². The van der Waals surface area contributed by atoms with E-state index in [1.165, 1.54) is 89.0 Å². The lowest BCUT2D eigenvalue weighted by Gasteiger charge is -2.09. The first kappa shape index (κ1) is 26.4. The lowest BCUT2D eigenvalue weighted by atomic mass is 9.94. The van der Waals surface area contributed by atoms with Crippen LogP contribution in [0, 0.1) is 0 Å². The maximum absolute atomic E-state index is 2.45. The molecule has 2 aliphatic carbocycles. The molecule has 7 aromatic carbocycles. The molecule has 2 aliphatic rings. The Kier molecular flexibility index (Phi) is 6.25. The molecule has 0 saturated heterocycles. The van der Waals surface area contributed by atoms with Gasteiger partial charge >= 0.3 is 0 Å². The number of hydrogen-bond acceptors (Lipinski definition) is 0. The Labute approximate surface area is 270 Å². The van der Waals surface area contributed by atoms with Gasteiger partial charge in [-0.1, -0.05) is 146 Å². The van der Waals surface area contributed by atoms with Crippen LogP contribution in [0.2, 0.25) is 0 Å². The van der Waals surface area contributed by atoms with Crippen molar-refractivity contribution in [3.63, 3.8) is 0 Å². The van der Waals surface area contributed by atoms with E-state index in [1.54, 1.807) is 0 Å². The monoisotopic (exact) mass is 582 g/mol. The van der Waals surface area contributed by atoms with Gasteiger partial charge in [0.15, 0.2) is 0 Å². The van der Waals surface area contributed by atoms with Crippen LogP contribution >= 0.6 is 0 Å². The van der Waals surface area contributed by atoms with E-state index in [0.717, 1.165) is 0 Å². The minimum Gasteiger partial charge on any atom is -0.0622 e. The van der Waals surface area contributed by atoms with Crippen LogP contribution in [0.4, 0.5) is 0 Å². The fourth-order valence-corrected chi connectivity index (χ4v) is 7.15. The lowest BCUT2D eigenvalue weighted by Crippen LogP contribution is -1.87. The summed E-state index contributed by atoms with van der Waals surface area (Å²) in [6.45, 7) is 0. The summed E-state index contributed by atoms with van der Waals surface area (Å²) in [4.78, 5) is 0. The second kappa shape index (κ2) is 10.9. The Balaban J connectivity index is 1.28. The van der Waals surface area contributed by atoms with E-state index in [9.17, 15) is 0 Å². The summed E-state index contributed by atoms with van der Waals surface area (Å²) in [5.41, 5.74) is 20.3. The van der Waals surface area contributed by atoms with E-state index >= 15 is 0 Å². The topological polar surface area (TPSA) is 0 Å². The van der Waals surface area contributed by atoms with Gasteiger partial charge in [-0.3, -0.25) is 0 Å². The highest BCUT2D eigenvalue weighted by atomic mass is 14.3. The average Bonchev–Trinajstić information content (AvgIpc) is 3.59. The Morgan fingerprint density at radius 2 is 0.587 bits per heavy atom. The third-order valence-corrected chi connectivity index (χ3v) is 9.37. The van der Waals surface area contributed by atoms with Crippen LogP contribution in [0.15, 0.2) is 170 Å². The summed E-state index contributed by atoms with van der Waals surface area (Å²) >= 11 is 0. The highest BCUT2D eigenvalue weighted by Gasteiger charge is 2.31. The van der Waals surface area contributed by atoms with Crippen molar-refractivity contribution in [2.75, 3.05) is 0 Å². The van der Waals surface area contributed by atoms with Crippen LogP contribution in [0.5, 0.6) is 0 Å². The molecule has 9 rings (SSSR count). The van der Waals surface area contributed by atoms with E-state index in [1.807, 2.05) is 0 Å². The molecule has 0 unspecified atom stereocenters. The predicted molar refractivity (Wildman–Crippen MR) is 195 cm³/mol. The summed E-state index contributed by atoms with van der Waals surface area (Å²) in [7, 11) is 0. The predicted octanol–water partition coefficient (Wildman–Crippen LogP) is 12.2. The Hall–Kier alpha value is -5.98. The molecule has 0 saturated carbocycles. The smallest absolute Gasteiger partial charge is 0.00921 e.